The Morgan fingerprint density at radius 1 is 1.18 bits per heavy atom. The first-order chi connectivity index (χ1) is 8.22. The molecule has 90 valence electrons. The maximum Gasteiger partial charge on any atom is 0.126 e. The van der Waals surface area contributed by atoms with Gasteiger partial charge in [0.25, 0.3) is 0 Å². The molecule has 0 saturated carbocycles. The fourth-order valence-corrected chi connectivity index (χ4v) is 2.13. The maximum atomic E-state index is 6.08. The first-order valence-electron chi connectivity index (χ1n) is 6.07. The van der Waals surface area contributed by atoms with Gasteiger partial charge >= 0.3 is 0 Å². The normalized spacial score (nSPS) is 10.7. The second-order valence-corrected chi connectivity index (χ2v) is 4.22. The Hall–Kier alpha value is -1.77. The van der Waals surface area contributed by atoms with Gasteiger partial charge in [-0.05, 0) is 32.3 Å². The Morgan fingerprint density at radius 2 is 1.88 bits per heavy atom. The second-order valence-electron chi connectivity index (χ2n) is 4.22. The summed E-state index contributed by atoms with van der Waals surface area (Å²) in [5, 5.41) is 0. The summed E-state index contributed by atoms with van der Waals surface area (Å²) in [6, 6.07) is 10.4. The summed E-state index contributed by atoms with van der Waals surface area (Å²) >= 11 is 0. The molecule has 0 radical (unpaired) electrons. The standard InChI is InChI=1S/C14H19N3/c1-3-17-11(2)16-13(14(17)15)10-9-12-7-5-4-6-8-12/h4-8H,3,9-10,15H2,1-2H3. The zero-order valence-corrected chi connectivity index (χ0v) is 10.5. The Balaban J connectivity index is 2.10. The molecule has 0 bridgehead atoms. The summed E-state index contributed by atoms with van der Waals surface area (Å²) in [6.07, 6.45) is 1.90. The topological polar surface area (TPSA) is 43.8 Å². The second kappa shape index (κ2) is 5.04. The highest BCUT2D eigenvalue weighted by Crippen LogP contribution is 2.16. The summed E-state index contributed by atoms with van der Waals surface area (Å²) in [5.74, 6) is 1.83. The number of benzene rings is 1. The van der Waals surface area contributed by atoms with Crippen molar-refractivity contribution in [2.75, 3.05) is 5.73 Å². The van der Waals surface area contributed by atoms with Crippen LogP contribution in [-0.4, -0.2) is 9.55 Å². The molecular weight excluding hydrogens is 210 g/mol. The van der Waals surface area contributed by atoms with Crippen LogP contribution in [0, 0.1) is 6.92 Å². The molecule has 0 spiro atoms. The van der Waals surface area contributed by atoms with Gasteiger partial charge in [0.05, 0.1) is 5.69 Å². The molecule has 0 fully saturated rings. The molecule has 1 heterocycles. The van der Waals surface area contributed by atoms with E-state index in [0.29, 0.717) is 0 Å². The van der Waals surface area contributed by atoms with Crippen molar-refractivity contribution in [3.8, 4) is 0 Å². The highest BCUT2D eigenvalue weighted by Gasteiger charge is 2.10. The number of aryl methyl sites for hydroxylation is 3. The lowest BCUT2D eigenvalue weighted by Crippen LogP contribution is -2.03. The van der Waals surface area contributed by atoms with Gasteiger partial charge in [-0.2, -0.15) is 0 Å². The number of hydrogen-bond donors (Lipinski definition) is 1. The summed E-state index contributed by atoms with van der Waals surface area (Å²) < 4.78 is 2.06. The fourth-order valence-electron chi connectivity index (χ4n) is 2.13. The molecule has 0 aliphatic carbocycles. The molecule has 0 saturated heterocycles. The van der Waals surface area contributed by atoms with E-state index in [1.54, 1.807) is 0 Å². The lowest BCUT2D eigenvalue weighted by atomic mass is 10.1. The van der Waals surface area contributed by atoms with Gasteiger partial charge in [-0.1, -0.05) is 30.3 Å². The van der Waals surface area contributed by atoms with Crippen molar-refractivity contribution >= 4 is 5.82 Å². The molecule has 0 unspecified atom stereocenters. The molecule has 3 heteroatoms. The molecule has 2 aromatic rings. The fraction of sp³-hybridized carbons (Fsp3) is 0.357. The van der Waals surface area contributed by atoms with Crippen LogP contribution >= 0.6 is 0 Å². The third-order valence-electron chi connectivity index (χ3n) is 3.08. The minimum Gasteiger partial charge on any atom is -0.384 e. The summed E-state index contributed by atoms with van der Waals surface area (Å²) in [7, 11) is 0. The van der Waals surface area contributed by atoms with Crippen LogP contribution in [0.25, 0.3) is 0 Å². The lowest BCUT2D eigenvalue weighted by Gasteiger charge is -2.03. The Kier molecular flexibility index (Phi) is 3.47. The van der Waals surface area contributed by atoms with Crippen LogP contribution in [0.3, 0.4) is 0 Å². The molecule has 0 aliphatic heterocycles. The van der Waals surface area contributed by atoms with Crippen molar-refractivity contribution in [1.82, 2.24) is 9.55 Å². The van der Waals surface area contributed by atoms with Crippen LogP contribution in [0.5, 0.6) is 0 Å². The van der Waals surface area contributed by atoms with E-state index >= 15 is 0 Å². The first-order valence-corrected chi connectivity index (χ1v) is 6.07. The monoisotopic (exact) mass is 229 g/mol. The number of nitrogen functional groups attached to an aromatic ring is 1. The number of anilines is 1. The van der Waals surface area contributed by atoms with Crippen LogP contribution in [0.15, 0.2) is 30.3 Å². The quantitative estimate of drug-likeness (QED) is 0.875. The molecule has 0 aliphatic rings. The highest BCUT2D eigenvalue weighted by molar-refractivity contribution is 5.38. The SMILES string of the molecule is CCn1c(C)nc(CCc2ccccc2)c1N. The van der Waals surface area contributed by atoms with E-state index in [9.17, 15) is 0 Å². The van der Waals surface area contributed by atoms with E-state index in [2.05, 4.69) is 40.7 Å². The average molecular weight is 229 g/mol. The molecule has 3 nitrogen and oxygen atoms in total. The molecule has 2 N–H and O–H groups in total. The zero-order chi connectivity index (χ0) is 12.3. The Labute approximate surface area is 102 Å². The van der Waals surface area contributed by atoms with Gasteiger partial charge in [-0.25, -0.2) is 4.98 Å². The van der Waals surface area contributed by atoms with Crippen molar-refractivity contribution in [3.63, 3.8) is 0 Å². The van der Waals surface area contributed by atoms with E-state index in [1.807, 2.05) is 13.0 Å². The number of nitrogens with zero attached hydrogens (tertiary/aromatic N) is 2. The van der Waals surface area contributed by atoms with Gasteiger partial charge in [0.1, 0.15) is 11.6 Å². The van der Waals surface area contributed by atoms with Gasteiger partial charge in [0.15, 0.2) is 0 Å². The van der Waals surface area contributed by atoms with Crippen LogP contribution in [0.1, 0.15) is 24.0 Å². The number of aromatic nitrogens is 2. The molecule has 1 aromatic carbocycles. The van der Waals surface area contributed by atoms with Crippen LogP contribution in [0.4, 0.5) is 5.82 Å². The van der Waals surface area contributed by atoms with Gasteiger partial charge in [0, 0.05) is 6.54 Å². The minimum atomic E-state index is 0.820. The number of rotatable bonds is 4. The first kappa shape index (κ1) is 11.7. The third-order valence-corrected chi connectivity index (χ3v) is 3.08. The van der Waals surface area contributed by atoms with Gasteiger partial charge in [-0.3, -0.25) is 0 Å². The van der Waals surface area contributed by atoms with Gasteiger partial charge in [0.2, 0.25) is 0 Å². The molecule has 0 amide bonds. The average Bonchev–Trinajstić information content (AvgIpc) is 2.63. The highest BCUT2D eigenvalue weighted by atomic mass is 15.1. The third kappa shape index (κ3) is 2.49. The van der Waals surface area contributed by atoms with Crippen LogP contribution < -0.4 is 5.73 Å². The van der Waals surface area contributed by atoms with E-state index in [-0.39, 0.29) is 0 Å². The van der Waals surface area contributed by atoms with E-state index in [4.69, 9.17) is 5.73 Å². The maximum absolute atomic E-state index is 6.08. The lowest BCUT2D eigenvalue weighted by molar-refractivity contribution is 0.739. The molecule has 17 heavy (non-hydrogen) atoms. The molecular formula is C14H19N3. The number of nitrogens with two attached hydrogens (primary N) is 1. The number of hydrogen-bond acceptors (Lipinski definition) is 2. The van der Waals surface area contributed by atoms with Crippen LogP contribution in [0.2, 0.25) is 0 Å². The number of imidazole rings is 1. The van der Waals surface area contributed by atoms with E-state index in [0.717, 1.165) is 36.7 Å². The van der Waals surface area contributed by atoms with Crippen LogP contribution in [-0.2, 0) is 19.4 Å². The van der Waals surface area contributed by atoms with Crippen molar-refractivity contribution < 1.29 is 0 Å². The minimum absolute atomic E-state index is 0.820. The van der Waals surface area contributed by atoms with Crippen molar-refractivity contribution in [3.05, 3.63) is 47.4 Å². The van der Waals surface area contributed by atoms with E-state index in [1.165, 1.54) is 5.56 Å². The van der Waals surface area contributed by atoms with Crippen molar-refractivity contribution in [2.45, 2.75) is 33.2 Å². The molecule has 2 rings (SSSR count). The Bertz CT molecular complexity index is 486. The van der Waals surface area contributed by atoms with Gasteiger partial charge in [-0.15, -0.1) is 0 Å². The summed E-state index contributed by atoms with van der Waals surface area (Å²) in [6.45, 7) is 4.98. The van der Waals surface area contributed by atoms with Crippen molar-refractivity contribution in [1.29, 1.82) is 0 Å². The van der Waals surface area contributed by atoms with E-state index < -0.39 is 0 Å². The molecule has 1 aromatic heterocycles. The Morgan fingerprint density at radius 3 is 2.47 bits per heavy atom. The predicted octanol–water partition coefficient (Wildman–Crippen LogP) is 2.58. The summed E-state index contributed by atoms with van der Waals surface area (Å²) in [4.78, 5) is 4.53. The predicted molar refractivity (Wildman–Crippen MR) is 70.9 cm³/mol. The zero-order valence-electron chi connectivity index (χ0n) is 10.5. The summed E-state index contributed by atoms with van der Waals surface area (Å²) in [5.41, 5.74) is 8.43. The van der Waals surface area contributed by atoms with Gasteiger partial charge < -0.3 is 10.3 Å². The smallest absolute Gasteiger partial charge is 0.126 e. The molecule has 0 atom stereocenters. The largest absolute Gasteiger partial charge is 0.384 e. The van der Waals surface area contributed by atoms with Crippen molar-refractivity contribution in [2.24, 2.45) is 0 Å².